The van der Waals surface area contributed by atoms with Crippen molar-refractivity contribution in [2.45, 2.75) is 12.1 Å². The molecule has 16 heavy (non-hydrogen) atoms. The molecule has 0 bridgehead atoms. The smallest absolute Gasteiger partial charge is 0.221 e. The zero-order valence-electron chi connectivity index (χ0n) is 11.3. The van der Waals surface area contributed by atoms with Gasteiger partial charge in [0.1, 0.15) is 1.12 Å². The first-order valence-electron chi connectivity index (χ1n) is 5.75. The van der Waals surface area contributed by atoms with Gasteiger partial charge >= 0.3 is 0 Å². The zero-order valence-corrected chi connectivity index (χ0v) is 9.08. The van der Waals surface area contributed by atoms with Gasteiger partial charge in [0.25, 0.3) is 0 Å². The molecule has 0 aliphatic carbocycles. The molecule has 0 atom stereocenters. The average molecular weight is 241 g/mol. The van der Waals surface area contributed by atoms with Crippen molar-refractivity contribution in [1.82, 2.24) is 20.2 Å². The molecule has 0 aliphatic heterocycles. The highest BCUT2D eigenvalue weighted by molar-refractivity contribution is 7.80. The average Bonchev–Trinajstić information content (AvgIpc) is 2.82. The third kappa shape index (κ3) is 2.19. The second-order valence-electron chi connectivity index (χ2n) is 2.92. The largest absolute Gasteiger partial charge is 0.326 e. The Morgan fingerprint density at radius 3 is 3.38 bits per heavy atom. The molecule has 2 rings (SSSR count). The number of aromatic nitrogens is 4. The topological polar surface area (TPSA) is 72.7 Å². The van der Waals surface area contributed by atoms with Gasteiger partial charge in [-0.25, -0.2) is 0 Å². The Labute approximate surface area is 101 Å². The van der Waals surface area contributed by atoms with Crippen LogP contribution in [0.25, 0.3) is 5.69 Å². The van der Waals surface area contributed by atoms with E-state index in [1.54, 1.807) is 0 Å². The van der Waals surface area contributed by atoms with E-state index in [2.05, 4.69) is 20.8 Å². The fourth-order valence-electron chi connectivity index (χ4n) is 1.11. The highest BCUT2D eigenvalue weighted by Gasteiger charge is 2.05. The molecule has 0 spiro atoms. The lowest BCUT2D eigenvalue weighted by Gasteiger charge is -2.05. The van der Waals surface area contributed by atoms with Gasteiger partial charge in [0.2, 0.25) is 11.1 Å². The molecule has 0 saturated carbocycles. The molecule has 1 N–H and O–H groups in total. The summed E-state index contributed by atoms with van der Waals surface area (Å²) >= 11 is 0.589. The summed E-state index contributed by atoms with van der Waals surface area (Å²) in [5, 5.41) is 13.4. The Morgan fingerprint density at radius 1 is 1.75 bits per heavy atom. The third-order valence-electron chi connectivity index (χ3n) is 1.69. The van der Waals surface area contributed by atoms with Crippen LogP contribution >= 0.6 is 12.5 Å². The van der Waals surface area contributed by atoms with Crippen LogP contribution in [0, 0.1) is 0 Å². The minimum atomic E-state index is -0.369. The predicted molar refractivity (Wildman–Crippen MR) is 60.7 cm³/mol. The molecule has 7 heteroatoms. The molecule has 6 nitrogen and oxygen atoms in total. The summed E-state index contributed by atoms with van der Waals surface area (Å²) in [5.41, 5.74) is 0.376. The van der Waals surface area contributed by atoms with Crippen LogP contribution in [0.4, 0.5) is 5.69 Å². The lowest BCUT2D eigenvalue weighted by molar-refractivity contribution is -0.114. The highest BCUT2D eigenvalue weighted by atomic mass is 32.1. The van der Waals surface area contributed by atoms with E-state index < -0.39 is 0 Å². The SMILES string of the molecule is [3H]Sc1nnnn1-c1ccc([3H])c(NC(C)=O)c1[3H]. The van der Waals surface area contributed by atoms with Crippen LogP contribution in [0.5, 0.6) is 0 Å². The molecule has 1 aromatic heterocycles. The molecule has 0 fully saturated rings. The fourth-order valence-corrected chi connectivity index (χ4v) is 1.28. The molecule has 0 radical (unpaired) electrons. The fraction of sp³-hybridized carbons (Fsp3) is 0.111. The summed E-state index contributed by atoms with van der Waals surface area (Å²) in [6, 6.07) is 2.87. The number of amides is 1. The van der Waals surface area contributed by atoms with Crippen LogP contribution in [0.1, 0.15) is 9.67 Å². The van der Waals surface area contributed by atoms with Crippen LogP contribution in [-0.4, -0.2) is 27.2 Å². The van der Waals surface area contributed by atoms with Crippen LogP contribution in [0.2, 0.25) is 0 Å². The van der Waals surface area contributed by atoms with Gasteiger partial charge in [0, 0.05) is 12.6 Å². The number of nitrogens with one attached hydrogen (secondary N) is 1. The van der Waals surface area contributed by atoms with Crippen LogP contribution < -0.4 is 5.32 Å². The van der Waals surface area contributed by atoms with Gasteiger partial charge in [-0.3, -0.25) is 4.79 Å². The Bertz CT molecular complexity index is 632. The third-order valence-corrected chi connectivity index (χ3v) is 1.95. The second-order valence-corrected chi connectivity index (χ2v) is 3.28. The number of benzene rings is 1. The molecule has 1 amide bonds. The number of hydrogen-bond donors (Lipinski definition) is 2. The van der Waals surface area contributed by atoms with E-state index in [9.17, 15) is 4.79 Å². The lowest BCUT2D eigenvalue weighted by atomic mass is 10.3. The van der Waals surface area contributed by atoms with E-state index in [1.807, 2.05) is 0 Å². The van der Waals surface area contributed by atoms with Crippen LogP contribution in [0.3, 0.4) is 0 Å². The number of anilines is 1. The minimum absolute atomic E-state index is 0.0251. The molecule has 0 unspecified atom stereocenters. The molecule has 0 aliphatic rings. The first kappa shape index (κ1) is 7.39. The summed E-state index contributed by atoms with van der Waals surface area (Å²) in [5.74, 6) is -0.369. The Hall–Kier alpha value is -1.89. The van der Waals surface area contributed by atoms with E-state index in [0.717, 1.165) is 0 Å². The van der Waals surface area contributed by atoms with Gasteiger partial charge in [-0.1, -0.05) is 6.07 Å². The first-order valence-corrected chi connectivity index (χ1v) is 4.75. The quantitative estimate of drug-likeness (QED) is 0.783. The molecule has 82 valence electrons. The van der Waals surface area contributed by atoms with Gasteiger partial charge < -0.3 is 5.32 Å². The van der Waals surface area contributed by atoms with Gasteiger partial charge in [0.15, 0.2) is 0 Å². The summed E-state index contributed by atoms with van der Waals surface area (Å²) < 4.78 is 24.1. The lowest BCUT2D eigenvalue weighted by Crippen LogP contribution is -2.06. The molecular weight excluding hydrogens is 226 g/mol. The first-order chi connectivity index (χ1) is 9.04. The molecular formula is C9H9N5OS. The maximum atomic E-state index is 11.1. The number of carbonyl (C=O) groups is 1. The summed E-state index contributed by atoms with van der Waals surface area (Å²) in [6.07, 6.45) is 0. The molecule has 0 saturated heterocycles. The Kier molecular flexibility index (Phi) is 1.99. The maximum absolute atomic E-state index is 11.1. The number of carbonyl (C=O) groups excluding carboxylic acids is 1. The second kappa shape index (κ2) is 4.31. The van der Waals surface area contributed by atoms with E-state index >= 15 is 0 Å². The number of tetrazole rings is 1. The van der Waals surface area contributed by atoms with Crippen molar-refractivity contribution < 1.29 is 7.54 Å². The zero-order chi connectivity index (χ0) is 14.0. The molecule has 2 aromatic rings. The van der Waals surface area contributed by atoms with E-state index in [4.69, 9.17) is 3.87 Å². The van der Waals surface area contributed by atoms with Crippen molar-refractivity contribution in [2.75, 3.05) is 5.32 Å². The van der Waals surface area contributed by atoms with Crippen molar-refractivity contribution in [1.29, 1.82) is 1.12 Å². The molecule has 1 heterocycles. The number of rotatable bonds is 3. The summed E-state index contributed by atoms with van der Waals surface area (Å²) in [7, 11) is 0. The number of hydrogen-bond acceptors (Lipinski definition) is 5. The van der Waals surface area contributed by atoms with Gasteiger partial charge in [-0.2, -0.15) is 4.68 Å². The van der Waals surface area contributed by atoms with Crippen molar-refractivity contribution in [2.24, 2.45) is 0 Å². The van der Waals surface area contributed by atoms with E-state index in [0.29, 0.717) is 18.2 Å². The molecule has 1 aromatic carbocycles. The van der Waals surface area contributed by atoms with Crippen molar-refractivity contribution in [3.8, 4) is 5.69 Å². The van der Waals surface area contributed by atoms with Crippen molar-refractivity contribution in [3.63, 3.8) is 0 Å². The summed E-state index contributed by atoms with van der Waals surface area (Å²) in [4.78, 5) is 11.1. The normalized spacial score (nSPS) is 12.7. The van der Waals surface area contributed by atoms with Crippen molar-refractivity contribution in [3.05, 3.63) is 24.2 Å². The summed E-state index contributed by atoms with van der Waals surface area (Å²) in [6.45, 7) is 1.30. The maximum Gasteiger partial charge on any atom is 0.221 e. The Morgan fingerprint density at radius 2 is 2.62 bits per heavy atom. The van der Waals surface area contributed by atoms with E-state index in [-0.39, 0.29) is 28.8 Å². The monoisotopic (exact) mass is 241 g/mol. The van der Waals surface area contributed by atoms with Gasteiger partial charge in [-0.15, -0.1) is 17.6 Å². The highest BCUT2D eigenvalue weighted by Crippen LogP contribution is 2.15. The van der Waals surface area contributed by atoms with Crippen molar-refractivity contribution >= 4 is 24.1 Å². The number of nitrogens with zero attached hydrogens (tertiary/aromatic N) is 4. The van der Waals surface area contributed by atoms with E-state index in [1.165, 1.54) is 23.7 Å². The minimum Gasteiger partial charge on any atom is -0.326 e. The van der Waals surface area contributed by atoms with Gasteiger partial charge in [-0.05, 0) is 28.6 Å². The van der Waals surface area contributed by atoms with Crippen LogP contribution in [-0.2, 0) is 4.79 Å². The van der Waals surface area contributed by atoms with Crippen LogP contribution in [0.15, 0.2) is 29.4 Å². The Balaban J connectivity index is 2.57. The standard InChI is InChI=1S/C9H9N5OS/c1-6(15)10-7-3-2-4-8(5-7)14-9(16)11-12-13-14/h2-5H,1H3,(H,10,15)(H,11,13,16)/i3T,5T/hT. The van der Waals surface area contributed by atoms with Gasteiger partial charge in [0.05, 0.1) is 8.43 Å². The predicted octanol–water partition coefficient (Wildman–Crippen LogP) is 0.909. The number of thiol groups is 1.